The molecule has 0 heterocycles. The van der Waals surface area contributed by atoms with Gasteiger partial charge in [0.2, 0.25) is 0 Å². The zero-order valence-corrected chi connectivity index (χ0v) is 13.1. The molecule has 0 radical (unpaired) electrons. The summed E-state index contributed by atoms with van der Waals surface area (Å²) in [5, 5.41) is 14.4. The molecule has 0 atom stereocenters. The van der Waals surface area contributed by atoms with Gasteiger partial charge in [-0.2, -0.15) is 0 Å². The Hall–Kier alpha value is -1.82. The van der Waals surface area contributed by atoms with Crippen LogP contribution in [0.25, 0.3) is 0 Å². The Bertz CT molecular complexity index is 475. The highest BCUT2D eigenvalue weighted by atomic mass is 16.6. The molecule has 118 valence electrons. The zero-order valence-electron chi connectivity index (χ0n) is 13.1. The average Bonchev–Trinajstić information content (AvgIpc) is 2.43. The highest BCUT2D eigenvalue weighted by Crippen LogP contribution is 2.35. The van der Waals surface area contributed by atoms with Crippen LogP contribution in [0, 0.1) is 15.5 Å². The van der Waals surface area contributed by atoms with E-state index in [1.165, 1.54) is 0 Å². The van der Waals surface area contributed by atoms with Crippen LogP contribution in [0.4, 0.5) is 11.4 Å². The van der Waals surface area contributed by atoms with Gasteiger partial charge in [-0.25, -0.2) is 0 Å². The number of methoxy groups -OCH3 is 1. The summed E-state index contributed by atoms with van der Waals surface area (Å²) in [4.78, 5) is 10.9. The van der Waals surface area contributed by atoms with E-state index in [1.54, 1.807) is 32.2 Å². The molecule has 0 aliphatic carbocycles. The number of ether oxygens (including phenoxy) is 2. The van der Waals surface area contributed by atoms with E-state index in [0.717, 1.165) is 6.42 Å². The second-order valence-corrected chi connectivity index (χ2v) is 5.60. The average molecular weight is 296 g/mol. The summed E-state index contributed by atoms with van der Waals surface area (Å²) in [6, 6.07) is 5.07. The SMILES string of the molecule is CCOc1cccc(NCC(C)(C)CCOC)c1[N+](=O)[O-]. The smallest absolute Gasteiger partial charge is 0.333 e. The summed E-state index contributed by atoms with van der Waals surface area (Å²) in [6.45, 7) is 7.67. The van der Waals surface area contributed by atoms with E-state index in [1.807, 2.05) is 0 Å². The van der Waals surface area contributed by atoms with E-state index >= 15 is 0 Å². The molecule has 0 aromatic heterocycles. The Kier molecular flexibility index (Phi) is 6.42. The van der Waals surface area contributed by atoms with Crippen molar-refractivity contribution in [3.63, 3.8) is 0 Å². The molecule has 21 heavy (non-hydrogen) atoms. The van der Waals surface area contributed by atoms with Gasteiger partial charge in [0.05, 0.1) is 11.5 Å². The van der Waals surface area contributed by atoms with Crippen LogP contribution in [0.3, 0.4) is 0 Å². The van der Waals surface area contributed by atoms with Crippen molar-refractivity contribution < 1.29 is 14.4 Å². The van der Waals surface area contributed by atoms with Crippen molar-refractivity contribution >= 4 is 11.4 Å². The zero-order chi connectivity index (χ0) is 15.9. The van der Waals surface area contributed by atoms with Crippen LogP contribution in [-0.2, 0) is 4.74 Å². The minimum Gasteiger partial charge on any atom is -0.487 e. The van der Waals surface area contributed by atoms with Crippen LogP contribution in [-0.4, -0.2) is 31.8 Å². The Balaban J connectivity index is 2.88. The maximum Gasteiger partial charge on any atom is 0.333 e. The van der Waals surface area contributed by atoms with Crippen molar-refractivity contribution in [2.45, 2.75) is 27.2 Å². The van der Waals surface area contributed by atoms with Crippen LogP contribution >= 0.6 is 0 Å². The quantitative estimate of drug-likeness (QED) is 0.558. The standard InChI is InChI=1S/C15H24N2O4/c1-5-21-13-8-6-7-12(14(13)17(18)19)16-11-15(2,3)9-10-20-4/h6-8,16H,5,9-11H2,1-4H3. The first-order chi connectivity index (χ1) is 9.91. The normalized spacial score (nSPS) is 11.2. The van der Waals surface area contributed by atoms with Gasteiger partial charge in [0.1, 0.15) is 5.69 Å². The Morgan fingerprint density at radius 1 is 1.38 bits per heavy atom. The Morgan fingerprint density at radius 2 is 2.10 bits per heavy atom. The van der Waals surface area contributed by atoms with Crippen molar-refractivity contribution in [1.82, 2.24) is 0 Å². The van der Waals surface area contributed by atoms with E-state index < -0.39 is 4.92 Å². The minimum absolute atomic E-state index is 0.0121. The number of benzene rings is 1. The predicted octanol–water partition coefficient (Wildman–Crippen LogP) is 3.47. The van der Waals surface area contributed by atoms with Crippen molar-refractivity contribution in [1.29, 1.82) is 0 Å². The fourth-order valence-electron chi connectivity index (χ4n) is 1.93. The van der Waals surface area contributed by atoms with E-state index in [0.29, 0.717) is 31.2 Å². The molecule has 6 heteroatoms. The highest BCUT2D eigenvalue weighted by molar-refractivity contribution is 5.68. The van der Waals surface area contributed by atoms with Crippen LogP contribution in [0.1, 0.15) is 27.2 Å². The number of nitro groups is 1. The largest absolute Gasteiger partial charge is 0.487 e. The van der Waals surface area contributed by atoms with Crippen LogP contribution < -0.4 is 10.1 Å². The van der Waals surface area contributed by atoms with E-state index in [2.05, 4.69) is 19.2 Å². The topological polar surface area (TPSA) is 73.6 Å². The minimum atomic E-state index is -0.407. The molecule has 6 nitrogen and oxygen atoms in total. The summed E-state index contributed by atoms with van der Waals surface area (Å²) in [7, 11) is 1.67. The maximum atomic E-state index is 11.3. The number of para-hydroxylation sites is 1. The van der Waals surface area contributed by atoms with Crippen molar-refractivity contribution in [3.05, 3.63) is 28.3 Å². The molecule has 0 unspecified atom stereocenters. The van der Waals surface area contributed by atoms with Gasteiger partial charge in [0, 0.05) is 20.3 Å². The number of anilines is 1. The molecule has 1 rings (SSSR count). The van der Waals surface area contributed by atoms with Gasteiger partial charge >= 0.3 is 5.69 Å². The number of rotatable bonds is 9. The van der Waals surface area contributed by atoms with E-state index in [4.69, 9.17) is 9.47 Å². The van der Waals surface area contributed by atoms with Crippen molar-refractivity contribution in [2.24, 2.45) is 5.41 Å². The van der Waals surface area contributed by atoms with Crippen molar-refractivity contribution in [2.75, 3.05) is 32.2 Å². The molecule has 0 spiro atoms. The third kappa shape index (κ3) is 5.23. The summed E-state index contributed by atoms with van der Waals surface area (Å²) in [5.74, 6) is 0.294. The molecular weight excluding hydrogens is 272 g/mol. The first-order valence-corrected chi connectivity index (χ1v) is 7.04. The number of nitrogens with zero attached hydrogens (tertiary/aromatic N) is 1. The molecular formula is C15H24N2O4. The molecule has 1 aromatic rings. The molecule has 0 aliphatic rings. The number of nitrogens with one attached hydrogen (secondary N) is 1. The van der Waals surface area contributed by atoms with Gasteiger partial charge in [-0.05, 0) is 30.9 Å². The number of hydrogen-bond donors (Lipinski definition) is 1. The summed E-state index contributed by atoms with van der Waals surface area (Å²) >= 11 is 0. The molecule has 0 amide bonds. The van der Waals surface area contributed by atoms with E-state index in [9.17, 15) is 10.1 Å². The second kappa shape index (κ2) is 7.83. The Labute approximate surface area is 125 Å². The fourth-order valence-corrected chi connectivity index (χ4v) is 1.93. The summed E-state index contributed by atoms with van der Waals surface area (Å²) in [6.07, 6.45) is 0.870. The van der Waals surface area contributed by atoms with Crippen LogP contribution in [0.2, 0.25) is 0 Å². The number of hydrogen-bond acceptors (Lipinski definition) is 5. The molecule has 1 N–H and O–H groups in total. The number of nitro benzene ring substituents is 1. The third-order valence-corrected chi connectivity index (χ3v) is 3.22. The lowest BCUT2D eigenvalue weighted by Gasteiger charge is -2.25. The monoisotopic (exact) mass is 296 g/mol. The lowest BCUT2D eigenvalue weighted by atomic mass is 9.89. The van der Waals surface area contributed by atoms with Gasteiger partial charge in [-0.3, -0.25) is 10.1 Å². The summed E-state index contributed by atoms with van der Waals surface area (Å²) < 4.78 is 10.4. The highest BCUT2D eigenvalue weighted by Gasteiger charge is 2.23. The molecule has 0 saturated carbocycles. The molecule has 0 aliphatic heterocycles. The summed E-state index contributed by atoms with van der Waals surface area (Å²) in [5.41, 5.74) is 0.448. The second-order valence-electron chi connectivity index (χ2n) is 5.60. The van der Waals surface area contributed by atoms with Crippen LogP contribution in [0.5, 0.6) is 5.75 Å². The van der Waals surface area contributed by atoms with E-state index in [-0.39, 0.29) is 11.1 Å². The van der Waals surface area contributed by atoms with Gasteiger partial charge in [-0.15, -0.1) is 0 Å². The molecule has 0 bridgehead atoms. The third-order valence-electron chi connectivity index (χ3n) is 3.22. The van der Waals surface area contributed by atoms with Crippen LogP contribution in [0.15, 0.2) is 18.2 Å². The fraction of sp³-hybridized carbons (Fsp3) is 0.600. The molecule has 0 saturated heterocycles. The molecule has 1 aromatic carbocycles. The predicted molar refractivity (Wildman–Crippen MR) is 83.0 cm³/mol. The van der Waals surface area contributed by atoms with Gasteiger partial charge in [0.25, 0.3) is 0 Å². The van der Waals surface area contributed by atoms with Gasteiger partial charge in [-0.1, -0.05) is 19.9 Å². The Morgan fingerprint density at radius 3 is 2.67 bits per heavy atom. The molecule has 0 fully saturated rings. The first-order valence-electron chi connectivity index (χ1n) is 7.04. The van der Waals surface area contributed by atoms with Gasteiger partial charge < -0.3 is 14.8 Å². The maximum absolute atomic E-state index is 11.3. The first kappa shape index (κ1) is 17.2. The lowest BCUT2D eigenvalue weighted by molar-refractivity contribution is -0.384. The lowest BCUT2D eigenvalue weighted by Crippen LogP contribution is -2.25. The van der Waals surface area contributed by atoms with Crippen molar-refractivity contribution in [3.8, 4) is 5.75 Å². The van der Waals surface area contributed by atoms with Gasteiger partial charge in [0.15, 0.2) is 5.75 Å².